The molecule has 2 N–H and O–H groups in total. The maximum Gasteiger partial charge on any atom is 0.272 e. The van der Waals surface area contributed by atoms with Crippen molar-refractivity contribution in [2.45, 2.75) is 25.3 Å². The van der Waals surface area contributed by atoms with Gasteiger partial charge in [0.2, 0.25) is 0 Å². The molecule has 1 aliphatic carbocycles. The lowest BCUT2D eigenvalue weighted by Crippen LogP contribution is -2.07. The van der Waals surface area contributed by atoms with E-state index in [0.717, 1.165) is 24.6 Å². The van der Waals surface area contributed by atoms with Crippen LogP contribution in [0.4, 0.5) is 15.9 Å². The molecule has 1 aliphatic rings. The van der Waals surface area contributed by atoms with Gasteiger partial charge in [0.05, 0.1) is 23.2 Å². The number of nitro groups is 1. The summed E-state index contributed by atoms with van der Waals surface area (Å²) in [5.74, 6) is 0.0715. The van der Waals surface area contributed by atoms with E-state index < -0.39 is 10.7 Å². The largest absolute Gasteiger partial charge is 0.381 e. The first-order valence-electron chi connectivity index (χ1n) is 6.17. The monoisotopic (exact) mass is 277 g/mol. The van der Waals surface area contributed by atoms with Gasteiger partial charge >= 0.3 is 0 Å². The summed E-state index contributed by atoms with van der Waals surface area (Å²) in [6.07, 6.45) is 2.06. The minimum Gasteiger partial charge on any atom is -0.381 e. The Bertz CT molecular complexity index is 680. The zero-order valence-electron chi connectivity index (χ0n) is 10.5. The number of nitrogen functional groups attached to an aromatic ring is 1. The average molecular weight is 277 g/mol. The summed E-state index contributed by atoms with van der Waals surface area (Å²) < 4.78 is 15.0. The number of nitrogens with two attached hydrogens (primary N) is 1. The highest BCUT2D eigenvalue weighted by molar-refractivity contribution is 5.40. The number of benzene rings is 1. The number of nitro benzene ring substituents is 1. The maximum atomic E-state index is 13.4. The molecule has 1 fully saturated rings. The minimum atomic E-state index is -0.643. The van der Waals surface area contributed by atoms with Gasteiger partial charge in [0.1, 0.15) is 5.82 Å². The third kappa shape index (κ3) is 2.31. The van der Waals surface area contributed by atoms with Gasteiger partial charge in [0.25, 0.3) is 5.69 Å². The Morgan fingerprint density at radius 2 is 2.20 bits per heavy atom. The molecule has 1 aromatic carbocycles. The number of hydrogen-bond acceptors (Lipinski definition) is 5. The predicted molar refractivity (Wildman–Crippen MR) is 68.6 cm³/mol. The van der Waals surface area contributed by atoms with Crippen LogP contribution in [-0.4, -0.2) is 19.9 Å². The highest BCUT2D eigenvalue weighted by atomic mass is 19.1. The van der Waals surface area contributed by atoms with Crippen molar-refractivity contribution < 1.29 is 9.31 Å². The fraction of sp³-hybridized carbons (Fsp3) is 0.333. The third-order valence-electron chi connectivity index (χ3n) is 3.25. The molecule has 0 aliphatic heterocycles. The van der Waals surface area contributed by atoms with Crippen LogP contribution in [0.2, 0.25) is 0 Å². The predicted octanol–water partition coefficient (Wildman–Crippen LogP) is 1.83. The summed E-state index contributed by atoms with van der Waals surface area (Å²) in [6, 6.07) is 3.47. The van der Waals surface area contributed by atoms with E-state index >= 15 is 0 Å². The van der Waals surface area contributed by atoms with Crippen molar-refractivity contribution in [1.29, 1.82) is 0 Å². The molecule has 0 saturated heterocycles. The van der Waals surface area contributed by atoms with Gasteiger partial charge < -0.3 is 5.73 Å². The second-order valence-electron chi connectivity index (χ2n) is 4.87. The van der Waals surface area contributed by atoms with Gasteiger partial charge in [-0.15, -0.1) is 5.10 Å². The quantitative estimate of drug-likeness (QED) is 0.678. The molecule has 0 radical (unpaired) electrons. The molecule has 0 unspecified atom stereocenters. The number of nitrogens with zero attached hydrogens (tertiary/aromatic N) is 4. The number of halogens is 1. The molecule has 8 heteroatoms. The van der Waals surface area contributed by atoms with Crippen molar-refractivity contribution in [3.8, 4) is 0 Å². The summed E-state index contributed by atoms with van der Waals surface area (Å²) in [6.45, 7) is 0.217. The number of rotatable bonds is 4. The number of hydrogen-bond donors (Lipinski definition) is 1. The van der Waals surface area contributed by atoms with Crippen molar-refractivity contribution in [3.05, 3.63) is 45.4 Å². The second-order valence-corrected chi connectivity index (χ2v) is 4.87. The summed E-state index contributed by atoms with van der Waals surface area (Å²) in [7, 11) is 0. The van der Waals surface area contributed by atoms with Gasteiger partial charge in [-0.1, -0.05) is 5.21 Å². The van der Waals surface area contributed by atoms with Crippen molar-refractivity contribution in [2.75, 3.05) is 5.73 Å². The smallest absolute Gasteiger partial charge is 0.272 e. The molecule has 1 heterocycles. The molecule has 7 nitrogen and oxygen atoms in total. The van der Waals surface area contributed by atoms with Crippen LogP contribution in [0.5, 0.6) is 0 Å². The molecule has 20 heavy (non-hydrogen) atoms. The van der Waals surface area contributed by atoms with Crippen LogP contribution in [0, 0.1) is 15.9 Å². The first-order valence-corrected chi connectivity index (χ1v) is 6.17. The zero-order chi connectivity index (χ0) is 14.3. The maximum absolute atomic E-state index is 13.4. The van der Waals surface area contributed by atoms with Gasteiger partial charge in [-0.3, -0.25) is 10.1 Å². The van der Waals surface area contributed by atoms with E-state index in [1.165, 1.54) is 12.1 Å². The van der Waals surface area contributed by atoms with Crippen molar-refractivity contribution in [3.63, 3.8) is 0 Å². The highest BCUT2D eigenvalue weighted by Gasteiger charge is 2.30. The summed E-state index contributed by atoms with van der Waals surface area (Å²) in [5, 5.41) is 18.5. The van der Waals surface area contributed by atoms with Gasteiger partial charge in [0.15, 0.2) is 5.82 Å². The Morgan fingerprint density at radius 1 is 1.45 bits per heavy atom. The first kappa shape index (κ1) is 12.5. The van der Waals surface area contributed by atoms with E-state index in [1.807, 2.05) is 0 Å². The van der Waals surface area contributed by atoms with Crippen molar-refractivity contribution in [2.24, 2.45) is 0 Å². The standard InChI is InChI=1S/C12H12FN5O2/c13-9-3-7(4-10(5-9)18(19)20)6-17-11(8-1-2-8)12(14)15-16-17/h3-5,8H,1-2,6,14H2. The molecule has 104 valence electrons. The topological polar surface area (TPSA) is 99.9 Å². The summed E-state index contributed by atoms with van der Waals surface area (Å²) in [5.41, 5.74) is 6.78. The van der Waals surface area contributed by atoms with E-state index in [0.29, 0.717) is 17.3 Å². The Balaban J connectivity index is 1.93. The van der Waals surface area contributed by atoms with Gasteiger partial charge in [-0.2, -0.15) is 0 Å². The van der Waals surface area contributed by atoms with Gasteiger partial charge in [-0.25, -0.2) is 9.07 Å². The van der Waals surface area contributed by atoms with Gasteiger partial charge in [-0.05, 0) is 24.5 Å². The number of non-ortho nitro benzene ring substituents is 1. The molecule has 0 amide bonds. The van der Waals surface area contributed by atoms with E-state index in [1.54, 1.807) is 4.68 Å². The molecule has 1 aromatic heterocycles. The zero-order valence-corrected chi connectivity index (χ0v) is 10.5. The van der Waals surface area contributed by atoms with Gasteiger partial charge in [0, 0.05) is 12.0 Å². The van der Waals surface area contributed by atoms with Crippen LogP contribution >= 0.6 is 0 Å². The lowest BCUT2D eigenvalue weighted by atomic mass is 10.2. The fourth-order valence-corrected chi connectivity index (χ4v) is 2.23. The lowest BCUT2D eigenvalue weighted by Gasteiger charge is -2.06. The Labute approximate surface area is 113 Å². The van der Waals surface area contributed by atoms with E-state index in [-0.39, 0.29) is 12.2 Å². The van der Waals surface area contributed by atoms with Crippen LogP contribution in [0.3, 0.4) is 0 Å². The van der Waals surface area contributed by atoms with Crippen LogP contribution in [0.15, 0.2) is 18.2 Å². The number of anilines is 1. The van der Waals surface area contributed by atoms with Crippen molar-refractivity contribution in [1.82, 2.24) is 15.0 Å². The number of aromatic nitrogens is 3. The second kappa shape index (κ2) is 4.55. The fourth-order valence-electron chi connectivity index (χ4n) is 2.23. The van der Waals surface area contributed by atoms with E-state index in [9.17, 15) is 14.5 Å². The lowest BCUT2D eigenvalue weighted by molar-refractivity contribution is -0.385. The Hall–Kier alpha value is -2.51. The first-order chi connectivity index (χ1) is 9.54. The third-order valence-corrected chi connectivity index (χ3v) is 3.25. The normalized spacial score (nSPS) is 14.4. The van der Waals surface area contributed by atoms with E-state index in [2.05, 4.69) is 10.3 Å². The molecule has 0 spiro atoms. The molecule has 2 aromatic rings. The average Bonchev–Trinajstić information content (AvgIpc) is 3.14. The SMILES string of the molecule is Nc1nnn(Cc2cc(F)cc([N+](=O)[O-])c2)c1C1CC1. The molecule has 0 atom stereocenters. The minimum absolute atomic E-state index is 0.217. The molecule has 1 saturated carbocycles. The summed E-state index contributed by atoms with van der Waals surface area (Å²) in [4.78, 5) is 10.1. The molecular formula is C12H12FN5O2. The van der Waals surface area contributed by atoms with Crippen molar-refractivity contribution >= 4 is 11.5 Å². The molecular weight excluding hydrogens is 265 g/mol. The highest BCUT2D eigenvalue weighted by Crippen LogP contribution is 2.42. The Kier molecular flexibility index (Phi) is 2.85. The molecule has 3 rings (SSSR count). The summed E-state index contributed by atoms with van der Waals surface area (Å²) >= 11 is 0. The Morgan fingerprint density at radius 3 is 2.85 bits per heavy atom. The van der Waals surface area contributed by atoms with Crippen LogP contribution < -0.4 is 5.73 Å². The van der Waals surface area contributed by atoms with E-state index in [4.69, 9.17) is 5.73 Å². The molecule has 0 bridgehead atoms. The van der Waals surface area contributed by atoms with Crippen LogP contribution in [0.1, 0.15) is 30.0 Å². The van der Waals surface area contributed by atoms with Crippen LogP contribution in [-0.2, 0) is 6.54 Å². The van der Waals surface area contributed by atoms with Crippen LogP contribution in [0.25, 0.3) is 0 Å².